The molecule has 0 amide bonds. The highest BCUT2D eigenvalue weighted by Gasteiger charge is 2.35. The van der Waals surface area contributed by atoms with Crippen LogP contribution in [0.1, 0.15) is 26.5 Å². The highest BCUT2D eigenvalue weighted by atomic mass is 32.1. The van der Waals surface area contributed by atoms with Crippen molar-refractivity contribution >= 4 is 22.7 Å². The van der Waals surface area contributed by atoms with Crippen molar-refractivity contribution in [1.29, 1.82) is 0 Å². The second kappa shape index (κ2) is 4.35. The van der Waals surface area contributed by atoms with Gasteiger partial charge in [0.05, 0.1) is 17.2 Å². The summed E-state index contributed by atoms with van der Waals surface area (Å²) < 4.78 is 37.2. The zero-order valence-corrected chi connectivity index (χ0v) is 10.3. The Kier molecular flexibility index (Phi) is 3.19. The number of alkyl halides is 3. The van der Waals surface area contributed by atoms with Gasteiger partial charge in [0, 0.05) is 16.0 Å². The standard InChI is InChI=1S/C9H8F3N3S2/c1-4-7(16-3-15-4)6(13)5-2-14-8(17-5)9(10,11)12/h2-3,6H,13H2,1H3. The fourth-order valence-electron chi connectivity index (χ4n) is 1.30. The number of nitrogens with two attached hydrogens (primary N) is 1. The molecule has 2 N–H and O–H groups in total. The largest absolute Gasteiger partial charge is 0.443 e. The summed E-state index contributed by atoms with van der Waals surface area (Å²) in [6.07, 6.45) is -3.23. The Bertz CT molecular complexity index is 518. The van der Waals surface area contributed by atoms with Crippen LogP contribution in [0.3, 0.4) is 0 Å². The zero-order chi connectivity index (χ0) is 12.6. The van der Waals surface area contributed by atoms with Gasteiger partial charge in [0.15, 0.2) is 5.01 Å². The normalized spacial score (nSPS) is 13.9. The van der Waals surface area contributed by atoms with Gasteiger partial charge >= 0.3 is 6.18 Å². The number of nitrogens with zero attached hydrogens (tertiary/aromatic N) is 2. The molecule has 2 rings (SSSR count). The molecule has 0 radical (unpaired) electrons. The molecule has 1 unspecified atom stereocenters. The first-order valence-electron chi connectivity index (χ1n) is 4.58. The van der Waals surface area contributed by atoms with Crippen LogP contribution in [-0.2, 0) is 6.18 Å². The Morgan fingerprint density at radius 3 is 2.53 bits per heavy atom. The molecular weight excluding hydrogens is 271 g/mol. The van der Waals surface area contributed by atoms with Crippen LogP contribution in [0.5, 0.6) is 0 Å². The van der Waals surface area contributed by atoms with Gasteiger partial charge < -0.3 is 5.73 Å². The van der Waals surface area contributed by atoms with Gasteiger partial charge in [0.1, 0.15) is 0 Å². The predicted molar refractivity (Wildman–Crippen MR) is 60.0 cm³/mol. The van der Waals surface area contributed by atoms with Crippen LogP contribution in [0.2, 0.25) is 0 Å². The molecule has 0 aliphatic rings. The van der Waals surface area contributed by atoms with Crippen LogP contribution in [0.15, 0.2) is 11.7 Å². The number of hydrogen-bond acceptors (Lipinski definition) is 5. The summed E-state index contributed by atoms with van der Waals surface area (Å²) in [5, 5.41) is -0.870. The minimum Gasteiger partial charge on any atom is -0.319 e. The van der Waals surface area contributed by atoms with Crippen LogP contribution >= 0.6 is 22.7 Å². The minimum atomic E-state index is -4.41. The lowest BCUT2D eigenvalue weighted by atomic mass is 10.2. The second-order valence-electron chi connectivity index (χ2n) is 3.35. The highest BCUT2D eigenvalue weighted by Crippen LogP contribution is 2.36. The maximum Gasteiger partial charge on any atom is 0.443 e. The van der Waals surface area contributed by atoms with Crippen molar-refractivity contribution in [3.63, 3.8) is 0 Å². The predicted octanol–water partition coefficient (Wildman–Crippen LogP) is 2.97. The van der Waals surface area contributed by atoms with E-state index in [1.54, 1.807) is 12.4 Å². The van der Waals surface area contributed by atoms with E-state index in [1.165, 1.54) is 17.5 Å². The van der Waals surface area contributed by atoms with E-state index in [0.29, 0.717) is 16.2 Å². The molecule has 8 heteroatoms. The average molecular weight is 279 g/mol. The maximum atomic E-state index is 12.4. The molecule has 0 saturated heterocycles. The summed E-state index contributed by atoms with van der Waals surface area (Å²) in [4.78, 5) is 8.52. The van der Waals surface area contributed by atoms with E-state index < -0.39 is 17.2 Å². The molecule has 0 bridgehead atoms. The Morgan fingerprint density at radius 2 is 2.06 bits per heavy atom. The molecule has 1 atom stereocenters. The number of rotatable bonds is 2. The third-order valence-corrected chi connectivity index (χ3v) is 4.28. The molecule has 2 aromatic rings. The summed E-state index contributed by atoms with van der Waals surface area (Å²) in [6, 6.07) is -0.587. The Balaban J connectivity index is 2.30. The van der Waals surface area contributed by atoms with Gasteiger partial charge in [-0.05, 0) is 6.92 Å². The van der Waals surface area contributed by atoms with Crippen molar-refractivity contribution in [2.45, 2.75) is 19.1 Å². The molecule has 0 aliphatic heterocycles. The van der Waals surface area contributed by atoms with Gasteiger partial charge in [-0.3, -0.25) is 0 Å². The quantitative estimate of drug-likeness (QED) is 0.919. The van der Waals surface area contributed by atoms with E-state index in [0.717, 1.165) is 10.6 Å². The van der Waals surface area contributed by atoms with E-state index in [1.807, 2.05) is 0 Å². The average Bonchev–Trinajstić information content (AvgIpc) is 2.83. The first kappa shape index (κ1) is 12.5. The SMILES string of the molecule is Cc1ncsc1C(N)c1cnc(C(F)(F)F)s1. The summed E-state index contributed by atoms with van der Waals surface area (Å²) in [7, 11) is 0. The topological polar surface area (TPSA) is 51.8 Å². The molecule has 0 aliphatic carbocycles. The van der Waals surface area contributed by atoms with Crippen LogP contribution in [0.4, 0.5) is 13.2 Å². The van der Waals surface area contributed by atoms with E-state index in [2.05, 4.69) is 9.97 Å². The lowest BCUT2D eigenvalue weighted by molar-refractivity contribution is -0.137. The number of halogens is 3. The van der Waals surface area contributed by atoms with Crippen molar-refractivity contribution in [3.8, 4) is 0 Å². The zero-order valence-electron chi connectivity index (χ0n) is 8.65. The third-order valence-electron chi connectivity index (χ3n) is 2.14. The molecule has 0 saturated carbocycles. The molecule has 17 heavy (non-hydrogen) atoms. The summed E-state index contributed by atoms with van der Waals surface area (Å²) in [6.45, 7) is 1.78. The summed E-state index contributed by atoms with van der Waals surface area (Å²) in [5.74, 6) is 0. The summed E-state index contributed by atoms with van der Waals surface area (Å²) >= 11 is 1.90. The summed E-state index contributed by atoms with van der Waals surface area (Å²) in [5.41, 5.74) is 8.25. The van der Waals surface area contributed by atoms with Gasteiger partial charge in [0.25, 0.3) is 0 Å². The van der Waals surface area contributed by atoms with Crippen LogP contribution in [-0.4, -0.2) is 9.97 Å². The number of aryl methyl sites for hydroxylation is 1. The van der Waals surface area contributed by atoms with Gasteiger partial charge in [-0.2, -0.15) is 13.2 Å². The maximum absolute atomic E-state index is 12.4. The Hall–Kier alpha value is -0.990. The second-order valence-corrected chi connectivity index (χ2v) is 5.29. The van der Waals surface area contributed by atoms with Gasteiger partial charge in [-0.1, -0.05) is 0 Å². The van der Waals surface area contributed by atoms with E-state index in [-0.39, 0.29) is 0 Å². The van der Waals surface area contributed by atoms with Crippen molar-refractivity contribution in [2.75, 3.05) is 0 Å². The Morgan fingerprint density at radius 1 is 1.35 bits per heavy atom. The van der Waals surface area contributed by atoms with Crippen molar-refractivity contribution in [2.24, 2.45) is 5.73 Å². The fraction of sp³-hybridized carbons (Fsp3) is 0.333. The van der Waals surface area contributed by atoms with E-state index in [4.69, 9.17) is 5.73 Å². The van der Waals surface area contributed by atoms with Gasteiger partial charge in [0.2, 0.25) is 0 Å². The van der Waals surface area contributed by atoms with Gasteiger partial charge in [-0.15, -0.1) is 22.7 Å². The van der Waals surface area contributed by atoms with E-state index >= 15 is 0 Å². The molecule has 2 heterocycles. The van der Waals surface area contributed by atoms with Crippen LogP contribution < -0.4 is 5.73 Å². The number of aromatic nitrogens is 2. The fourth-order valence-corrected chi connectivity index (χ4v) is 2.99. The van der Waals surface area contributed by atoms with E-state index in [9.17, 15) is 13.2 Å². The highest BCUT2D eigenvalue weighted by molar-refractivity contribution is 7.12. The molecule has 2 aromatic heterocycles. The molecule has 0 fully saturated rings. The molecule has 0 spiro atoms. The lowest BCUT2D eigenvalue weighted by Gasteiger charge is -2.06. The molecule has 0 aromatic carbocycles. The van der Waals surface area contributed by atoms with Crippen LogP contribution in [0, 0.1) is 6.92 Å². The monoisotopic (exact) mass is 279 g/mol. The van der Waals surface area contributed by atoms with Crippen LogP contribution in [0.25, 0.3) is 0 Å². The lowest BCUT2D eigenvalue weighted by Crippen LogP contribution is -2.09. The molecule has 92 valence electrons. The molecule has 3 nitrogen and oxygen atoms in total. The van der Waals surface area contributed by atoms with Crippen molar-refractivity contribution < 1.29 is 13.2 Å². The van der Waals surface area contributed by atoms with Crippen molar-refractivity contribution in [1.82, 2.24) is 9.97 Å². The van der Waals surface area contributed by atoms with Crippen molar-refractivity contribution in [3.05, 3.63) is 32.2 Å². The number of thiazole rings is 2. The number of hydrogen-bond donors (Lipinski definition) is 1. The van der Waals surface area contributed by atoms with Gasteiger partial charge in [-0.25, -0.2) is 9.97 Å². The molecular formula is C9H8F3N3S2. The first-order valence-corrected chi connectivity index (χ1v) is 6.27. The first-order chi connectivity index (χ1) is 7.89. The smallest absolute Gasteiger partial charge is 0.319 e. The minimum absolute atomic E-state index is 0.393. The Labute approximate surface area is 103 Å². The third kappa shape index (κ3) is 2.48.